The van der Waals surface area contributed by atoms with Crippen LogP contribution in [0.15, 0.2) is 0 Å². The van der Waals surface area contributed by atoms with E-state index in [2.05, 4.69) is 41.5 Å². The average molecular weight is 168 g/mol. The van der Waals surface area contributed by atoms with Crippen LogP contribution in [-0.2, 0) is 0 Å². The SMILES string of the molecule is CC(C)C1C(C)CC1C(C)(C)C. The van der Waals surface area contributed by atoms with Crippen molar-refractivity contribution in [3.63, 3.8) is 0 Å². The summed E-state index contributed by atoms with van der Waals surface area (Å²) in [5, 5.41) is 0. The summed E-state index contributed by atoms with van der Waals surface area (Å²) in [7, 11) is 0. The molecular formula is C12H24. The molecule has 0 N–H and O–H groups in total. The summed E-state index contributed by atoms with van der Waals surface area (Å²) in [6.45, 7) is 14.3. The highest BCUT2D eigenvalue weighted by molar-refractivity contribution is 4.94. The summed E-state index contributed by atoms with van der Waals surface area (Å²) < 4.78 is 0. The first-order chi connectivity index (χ1) is 5.34. The fourth-order valence-electron chi connectivity index (χ4n) is 2.97. The van der Waals surface area contributed by atoms with Gasteiger partial charge < -0.3 is 0 Å². The van der Waals surface area contributed by atoms with Gasteiger partial charge in [0.05, 0.1) is 0 Å². The van der Waals surface area contributed by atoms with Gasteiger partial charge in [-0.2, -0.15) is 0 Å². The first-order valence-electron chi connectivity index (χ1n) is 5.34. The molecule has 12 heavy (non-hydrogen) atoms. The van der Waals surface area contributed by atoms with Crippen molar-refractivity contribution in [3.05, 3.63) is 0 Å². The van der Waals surface area contributed by atoms with Crippen molar-refractivity contribution in [2.24, 2.45) is 29.1 Å². The Morgan fingerprint density at radius 2 is 1.67 bits per heavy atom. The smallest absolute Gasteiger partial charge is 0.0329 e. The van der Waals surface area contributed by atoms with Gasteiger partial charge in [0.15, 0.2) is 0 Å². The van der Waals surface area contributed by atoms with Crippen LogP contribution < -0.4 is 0 Å². The summed E-state index contributed by atoms with van der Waals surface area (Å²) in [6, 6.07) is 0. The Labute approximate surface area is 77.7 Å². The molecule has 1 rings (SSSR count). The molecule has 0 heterocycles. The van der Waals surface area contributed by atoms with Gasteiger partial charge in [-0.15, -0.1) is 0 Å². The van der Waals surface area contributed by atoms with Crippen molar-refractivity contribution in [2.75, 3.05) is 0 Å². The Kier molecular flexibility index (Phi) is 2.56. The fraction of sp³-hybridized carbons (Fsp3) is 1.00. The van der Waals surface area contributed by atoms with Crippen molar-refractivity contribution in [1.29, 1.82) is 0 Å². The number of hydrogen-bond acceptors (Lipinski definition) is 0. The standard InChI is InChI=1S/C12H24/c1-8(2)11-9(3)7-10(11)12(4,5)6/h8-11H,7H2,1-6H3. The van der Waals surface area contributed by atoms with Gasteiger partial charge in [0, 0.05) is 0 Å². The highest BCUT2D eigenvalue weighted by Crippen LogP contribution is 2.52. The molecule has 0 aromatic carbocycles. The molecule has 0 radical (unpaired) electrons. The van der Waals surface area contributed by atoms with E-state index in [1.807, 2.05) is 0 Å². The summed E-state index contributed by atoms with van der Waals surface area (Å²) in [5.74, 6) is 3.78. The molecule has 0 aliphatic heterocycles. The van der Waals surface area contributed by atoms with Gasteiger partial charge in [0.25, 0.3) is 0 Å². The van der Waals surface area contributed by atoms with Gasteiger partial charge >= 0.3 is 0 Å². The van der Waals surface area contributed by atoms with Crippen LogP contribution in [-0.4, -0.2) is 0 Å². The molecule has 0 bridgehead atoms. The second-order valence-electron chi connectivity index (χ2n) is 6.01. The topological polar surface area (TPSA) is 0 Å². The minimum atomic E-state index is 0.529. The molecule has 0 spiro atoms. The van der Waals surface area contributed by atoms with E-state index < -0.39 is 0 Å². The molecule has 0 amide bonds. The predicted octanol–water partition coefficient (Wildman–Crippen LogP) is 3.96. The molecule has 3 atom stereocenters. The Balaban J connectivity index is 2.60. The highest BCUT2D eigenvalue weighted by atomic mass is 14.5. The molecule has 0 aromatic rings. The Morgan fingerprint density at radius 3 is 1.83 bits per heavy atom. The Bertz CT molecular complexity index is 145. The lowest BCUT2D eigenvalue weighted by Crippen LogP contribution is -2.45. The Morgan fingerprint density at radius 1 is 1.17 bits per heavy atom. The largest absolute Gasteiger partial charge is 0.0625 e. The van der Waals surface area contributed by atoms with E-state index in [1.54, 1.807) is 0 Å². The van der Waals surface area contributed by atoms with Crippen molar-refractivity contribution in [3.8, 4) is 0 Å². The molecule has 1 fully saturated rings. The monoisotopic (exact) mass is 168 g/mol. The molecule has 0 saturated heterocycles. The lowest BCUT2D eigenvalue weighted by Gasteiger charge is -2.52. The third-order valence-electron chi connectivity index (χ3n) is 3.63. The van der Waals surface area contributed by atoms with E-state index in [1.165, 1.54) is 6.42 Å². The van der Waals surface area contributed by atoms with E-state index >= 15 is 0 Å². The van der Waals surface area contributed by atoms with E-state index in [0.29, 0.717) is 5.41 Å². The zero-order chi connectivity index (χ0) is 9.52. The van der Waals surface area contributed by atoms with E-state index in [4.69, 9.17) is 0 Å². The summed E-state index contributed by atoms with van der Waals surface area (Å²) in [5.41, 5.74) is 0.529. The van der Waals surface area contributed by atoms with Crippen molar-refractivity contribution >= 4 is 0 Å². The second-order valence-corrected chi connectivity index (χ2v) is 6.01. The van der Waals surface area contributed by atoms with Crippen LogP contribution in [0.25, 0.3) is 0 Å². The fourth-order valence-corrected chi connectivity index (χ4v) is 2.97. The van der Waals surface area contributed by atoms with Crippen LogP contribution in [0.3, 0.4) is 0 Å². The molecule has 0 aromatic heterocycles. The maximum atomic E-state index is 2.41. The maximum absolute atomic E-state index is 2.41. The summed E-state index contributed by atoms with van der Waals surface area (Å²) >= 11 is 0. The van der Waals surface area contributed by atoms with Gasteiger partial charge in [0.2, 0.25) is 0 Å². The molecule has 1 saturated carbocycles. The lowest BCUT2D eigenvalue weighted by molar-refractivity contribution is -0.0311. The van der Waals surface area contributed by atoms with Gasteiger partial charge in [-0.3, -0.25) is 0 Å². The number of hydrogen-bond donors (Lipinski definition) is 0. The second kappa shape index (κ2) is 3.05. The van der Waals surface area contributed by atoms with Gasteiger partial charge in [-0.05, 0) is 35.5 Å². The molecular weight excluding hydrogens is 144 g/mol. The molecule has 72 valence electrons. The average Bonchev–Trinajstić information content (AvgIpc) is 1.78. The normalized spacial score (nSPS) is 36.8. The molecule has 1 aliphatic rings. The third kappa shape index (κ3) is 1.67. The van der Waals surface area contributed by atoms with Crippen LogP contribution in [0.2, 0.25) is 0 Å². The third-order valence-corrected chi connectivity index (χ3v) is 3.63. The van der Waals surface area contributed by atoms with Crippen LogP contribution in [0.4, 0.5) is 0 Å². The summed E-state index contributed by atoms with van der Waals surface area (Å²) in [6.07, 6.45) is 1.45. The highest BCUT2D eigenvalue weighted by Gasteiger charge is 2.45. The van der Waals surface area contributed by atoms with Gasteiger partial charge in [0.1, 0.15) is 0 Å². The Hall–Kier alpha value is 0. The van der Waals surface area contributed by atoms with Gasteiger partial charge in [-0.25, -0.2) is 0 Å². The van der Waals surface area contributed by atoms with Gasteiger partial charge in [-0.1, -0.05) is 41.5 Å². The minimum absolute atomic E-state index is 0.529. The van der Waals surface area contributed by atoms with Crippen molar-refractivity contribution < 1.29 is 0 Å². The van der Waals surface area contributed by atoms with E-state index in [9.17, 15) is 0 Å². The zero-order valence-corrected chi connectivity index (χ0v) is 9.52. The lowest BCUT2D eigenvalue weighted by atomic mass is 9.53. The first kappa shape index (κ1) is 10.1. The van der Waals surface area contributed by atoms with Crippen LogP contribution in [0.1, 0.15) is 48.0 Å². The van der Waals surface area contributed by atoms with E-state index in [0.717, 1.165) is 23.7 Å². The molecule has 3 unspecified atom stereocenters. The maximum Gasteiger partial charge on any atom is -0.0329 e. The van der Waals surface area contributed by atoms with Crippen LogP contribution in [0, 0.1) is 29.1 Å². The molecule has 0 nitrogen and oxygen atoms in total. The first-order valence-corrected chi connectivity index (χ1v) is 5.34. The van der Waals surface area contributed by atoms with Crippen molar-refractivity contribution in [2.45, 2.75) is 48.0 Å². The molecule has 1 aliphatic carbocycles. The zero-order valence-electron chi connectivity index (χ0n) is 9.52. The minimum Gasteiger partial charge on any atom is -0.0625 e. The number of rotatable bonds is 1. The predicted molar refractivity (Wildman–Crippen MR) is 55.1 cm³/mol. The van der Waals surface area contributed by atoms with Crippen LogP contribution >= 0.6 is 0 Å². The van der Waals surface area contributed by atoms with E-state index in [-0.39, 0.29) is 0 Å². The molecule has 0 heteroatoms. The summed E-state index contributed by atoms with van der Waals surface area (Å²) in [4.78, 5) is 0. The van der Waals surface area contributed by atoms with Crippen LogP contribution in [0.5, 0.6) is 0 Å². The quantitative estimate of drug-likeness (QED) is 0.556. The van der Waals surface area contributed by atoms with Crippen molar-refractivity contribution in [1.82, 2.24) is 0 Å².